The summed E-state index contributed by atoms with van der Waals surface area (Å²) in [5.41, 5.74) is -0.0561. The van der Waals surface area contributed by atoms with Crippen LogP contribution in [0, 0.1) is 6.92 Å². The Morgan fingerprint density at radius 2 is 2.17 bits per heavy atom. The van der Waals surface area contributed by atoms with Crippen LogP contribution in [0.3, 0.4) is 0 Å². The van der Waals surface area contributed by atoms with Crippen molar-refractivity contribution in [1.82, 2.24) is 14.8 Å². The summed E-state index contributed by atoms with van der Waals surface area (Å²) >= 11 is 0. The summed E-state index contributed by atoms with van der Waals surface area (Å²) in [6.45, 7) is 1.87. The van der Waals surface area contributed by atoms with E-state index in [0.29, 0.717) is 6.04 Å². The van der Waals surface area contributed by atoms with Crippen LogP contribution in [-0.4, -0.2) is 14.8 Å². The zero-order chi connectivity index (χ0) is 8.55. The smallest absolute Gasteiger partial charge is 0.276 e. The second kappa shape index (κ2) is 2.77. The molecule has 0 saturated heterocycles. The summed E-state index contributed by atoms with van der Waals surface area (Å²) in [5, 5.41) is 6.36. The molecule has 1 fully saturated rings. The molecule has 1 heterocycles. The van der Waals surface area contributed by atoms with E-state index in [0.717, 1.165) is 18.7 Å². The molecule has 12 heavy (non-hydrogen) atoms. The van der Waals surface area contributed by atoms with Crippen molar-refractivity contribution in [3.05, 3.63) is 16.3 Å². The lowest BCUT2D eigenvalue weighted by Crippen LogP contribution is -2.21. The SMILES string of the molecule is Cc1n[nH]c(=O)n1C1CCCC1. The van der Waals surface area contributed by atoms with Crippen molar-refractivity contribution in [2.24, 2.45) is 0 Å². The minimum absolute atomic E-state index is 0.0561. The van der Waals surface area contributed by atoms with Crippen molar-refractivity contribution in [3.63, 3.8) is 0 Å². The van der Waals surface area contributed by atoms with Gasteiger partial charge in [-0.05, 0) is 19.8 Å². The Balaban J connectivity index is 2.37. The summed E-state index contributed by atoms with van der Waals surface area (Å²) < 4.78 is 1.78. The summed E-state index contributed by atoms with van der Waals surface area (Å²) in [6, 6.07) is 0.399. The van der Waals surface area contributed by atoms with Crippen LogP contribution in [0.15, 0.2) is 4.79 Å². The third-order valence-electron chi connectivity index (χ3n) is 2.57. The fourth-order valence-corrected chi connectivity index (χ4v) is 1.98. The largest absolute Gasteiger partial charge is 0.343 e. The van der Waals surface area contributed by atoms with Gasteiger partial charge in [0.2, 0.25) is 0 Å². The molecule has 0 unspecified atom stereocenters. The molecule has 1 N–H and O–H groups in total. The topological polar surface area (TPSA) is 50.7 Å². The molecule has 1 aromatic heterocycles. The van der Waals surface area contributed by atoms with Gasteiger partial charge in [-0.3, -0.25) is 4.57 Å². The van der Waals surface area contributed by atoms with Gasteiger partial charge >= 0.3 is 5.69 Å². The van der Waals surface area contributed by atoms with Crippen LogP contribution in [-0.2, 0) is 0 Å². The van der Waals surface area contributed by atoms with Crippen LogP contribution in [0.5, 0.6) is 0 Å². The van der Waals surface area contributed by atoms with E-state index >= 15 is 0 Å². The molecule has 4 heteroatoms. The maximum Gasteiger partial charge on any atom is 0.343 e. The number of aromatic nitrogens is 3. The van der Waals surface area contributed by atoms with E-state index in [9.17, 15) is 4.79 Å². The minimum atomic E-state index is -0.0561. The van der Waals surface area contributed by atoms with E-state index in [1.165, 1.54) is 12.8 Å². The number of aryl methyl sites for hydroxylation is 1. The van der Waals surface area contributed by atoms with E-state index < -0.39 is 0 Å². The lowest BCUT2D eigenvalue weighted by atomic mass is 10.2. The van der Waals surface area contributed by atoms with Crippen molar-refractivity contribution in [2.75, 3.05) is 0 Å². The zero-order valence-electron chi connectivity index (χ0n) is 7.21. The van der Waals surface area contributed by atoms with Gasteiger partial charge in [0.1, 0.15) is 5.82 Å². The van der Waals surface area contributed by atoms with Gasteiger partial charge < -0.3 is 0 Å². The Morgan fingerprint density at radius 3 is 2.67 bits per heavy atom. The lowest BCUT2D eigenvalue weighted by Gasteiger charge is -2.09. The summed E-state index contributed by atoms with van der Waals surface area (Å²) in [4.78, 5) is 11.3. The molecule has 1 aliphatic rings. The summed E-state index contributed by atoms with van der Waals surface area (Å²) in [7, 11) is 0. The first kappa shape index (κ1) is 7.58. The molecule has 66 valence electrons. The van der Waals surface area contributed by atoms with Gasteiger partial charge in [-0.15, -0.1) is 0 Å². The predicted octanol–water partition coefficient (Wildman–Crippen LogP) is 0.995. The minimum Gasteiger partial charge on any atom is -0.276 e. The zero-order valence-corrected chi connectivity index (χ0v) is 7.21. The molecule has 0 aliphatic heterocycles. The molecule has 1 saturated carbocycles. The Morgan fingerprint density at radius 1 is 1.50 bits per heavy atom. The van der Waals surface area contributed by atoms with Gasteiger partial charge in [0.15, 0.2) is 0 Å². The molecule has 0 spiro atoms. The number of hydrogen-bond donors (Lipinski definition) is 1. The quantitative estimate of drug-likeness (QED) is 0.678. The molecule has 0 radical (unpaired) electrons. The van der Waals surface area contributed by atoms with E-state index in [2.05, 4.69) is 10.2 Å². The Labute approximate surface area is 70.6 Å². The Hall–Kier alpha value is -1.06. The highest BCUT2D eigenvalue weighted by molar-refractivity contribution is 4.88. The van der Waals surface area contributed by atoms with Gasteiger partial charge in [0.05, 0.1) is 0 Å². The molecule has 4 nitrogen and oxygen atoms in total. The van der Waals surface area contributed by atoms with Crippen molar-refractivity contribution in [3.8, 4) is 0 Å². The maximum atomic E-state index is 11.3. The average molecular weight is 167 g/mol. The second-order valence-electron chi connectivity index (χ2n) is 3.38. The Bertz CT molecular complexity index is 319. The normalized spacial score (nSPS) is 18.8. The highest BCUT2D eigenvalue weighted by Gasteiger charge is 2.20. The van der Waals surface area contributed by atoms with Gasteiger partial charge in [-0.25, -0.2) is 9.89 Å². The molecular formula is C8H13N3O. The third-order valence-corrected chi connectivity index (χ3v) is 2.57. The Kier molecular flexibility index (Phi) is 1.75. The monoisotopic (exact) mass is 167 g/mol. The van der Waals surface area contributed by atoms with Crippen LogP contribution in [0.25, 0.3) is 0 Å². The van der Waals surface area contributed by atoms with Crippen molar-refractivity contribution < 1.29 is 0 Å². The van der Waals surface area contributed by atoms with Crippen LogP contribution in [0.1, 0.15) is 37.5 Å². The van der Waals surface area contributed by atoms with Crippen molar-refractivity contribution in [1.29, 1.82) is 0 Å². The van der Waals surface area contributed by atoms with Crippen LogP contribution < -0.4 is 5.69 Å². The second-order valence-corrected chi connectivity index (χ2v) is 3.38. The molecule has 2 rings (SSSR count). The van der Waals surface area contributed by atoms with Crippen LogP contribution in [0.2, 0.25) is 0 Å². The van der Waals surface area contributed by atoms with Crippen LogP contribution >= 0.6 is 0 Å². The van der Waals surface area contributed by atoms with E-state index in [-0.39, 0.29) is 5.69 Å². The van der Waals surface area contributed by atoms with Gasteiger partial charge in [-0.1, -0.05) is 12.8 Å². The molecule has 0 atom stereocenters. The first-order chi connectivity index (χ1) is 5.79. The average Bonchev–Trinajstić information content (AvgIpc) is 2.61. The highest BCUT2D eigenvalue weighted by atomic mass is 16.1. The van der Waals surface area contributed by atoms with E-state index in [4.69, 9.17) is 0 Å². The molecule has 1 aromatic rings. The van der Waals surface area contributed by atoms with Crippen molar-refractivity contribution in [2.45, 2.75) is 38.6 Å². The predicted molar refractivity (Wildman–Crippen MR) is 45.1 cm³/mol. The number of H-pyrrole nitrogens is 1. The molecule has 0 bridgehead atoms. The first-order valence-corrected chi connectivity index (χ1v) is 4.42. The summed E-state index contributed by atoms with van der Waals surface area (Å²) in [5.74, 6) is 0.812. The molecule has 1 aliphatic carbocycles. The van der Waals surface area contributed by atoms with Gasteiger partial charge in [-0.2, -0.15) is 5.10 Å². The standard InChI is InChI=1S/C8H13N3O/c1-6-9-10-8(12)11(6)7-4-2-3-5-7/h7H,2-5H2,1H3,(H,10,12). The van der Waals surface area contributed by atoms with Crippen LogP contribution in [0.4, 0.5) is 0 Å². The van der Waals surface area contributed by atoms with Crippen molar-refractivity contribution >= 4 is 0 Å². The number of nitrogens with zero attached hydrogens (tertiary/aromatic N) is 2. The molecular weight excluding hydrogens is 154 g/mol. The van der Waals surface area contributed by atoms with Gasteiger partial charge in [0.25, 0.3) is 0 Å². The number of aromatic amines is 1. The first-order valence-electron chi connectivity index (χ1n) is 4.42. The lowest BCUT2D eigenvalue weighted by molar-refractivity contribution is 0.492. The molecule has 0 amide bonds. The van der Waals surface area contributed by atoms with Gasteiger partial charge in [0, 0.05) is 6.04 Å². The number of hydrogen-bond acceptors (Lipinski definition) is 2. The maximum absolute atomic E-state index is 11.3. The molecule has 0 aromatic carbocycles. The fraction of sp³-hybridized carbons (Fsp3) is 0.750. The number of rotatable bonds is 1. The van der Waals surface area contributed by atoms with E-state index in [1.54, 1.807) is 4.57 Å². The fourth-order valence-electron chi connectivity index (χ4n) is 1.98. The third kappa shape index (κ3) is 1.07. The summed E-state index contributed by atoms with van der Waals surface area (Å²) in [6.07, 6.45) is 4.73. The highest BCUT2D eigenvalue weighted by Crippen LogP contribution is 2.28. The number of nitrogens with one attached hydrogen (secondary N) is 1. The van der Waals surface area contributed by atoms with E-state index in [1.807, 2.05) is 6.92 Å².